The van der Waals surface area contributed by atoms with E-state index in [-0.39, 0.29) is 23.7 Å². The van der Waals surface area contributed by atoms with Crippen molar-refractivity contribution in [2.24, 2.45) is 11.8 Å². The van der Waals surface area contributed by atoms with Crippen molar-refractivity contribution in [2.45, 2.75) is 46.0 Å². The first kappa shape index (κ1) is 18.0. The topological polar surface area (TPSA) is 84.0 Å². The summed E-state index contributed by atoms with van der Waals surface area (Å²) in [7, 11) is 0. The van der Waals surface area contributed by atoms with Crippen molar-refractivity contribution in [3.63, 3.8) is 0 Å². The van der Waals surface area contributed by atoms with Crippen molar-refractivity contribution in [2.75, 3.05) is 10.6 Å². The molecule has 0 radical (unpaired) electrons. The Morgan fingerprint density at radius 3 is 1.76 bits per heavy atom. The maximum absolute atomic E-state index is 12.6. The Hall–Kier alpha value is -1.80. The van der Waals surface area contributed by atoms with Gasteiger partial charge < -0.3 is 10.6 Å². The van der Waals surface area contributed by atoms with E-state index in [1.165, 1.54) is 22.7 Å². The van der Waals surface area contributed by atoms with Gasteiger partial charge in [-0.15, -0.1) is 22.7 Å². The molecule has 0 unspecified atom stereocenters. The quantitative estimate of drug-likeness (QED) is 0.802. The van der Waals surface area contributed by atoms with E-state index < -0.39 is 0 Å². The van der Waals surface area contributed by atoms with Gasteiger partial charge >= 0.3 is 0 Å². The highest BCUT2D eigenvalue weighted by atomic mass is 32.1. The van der Waals surface area contributed by atoms with Gasteiger partial charge in [0.25, 0.3) is 0 Å². The molecule has 1 aliphatic carbocycles. The lowest BCUT2D eigenvalue weighted by Crippen LogP contribution is -2.33. The van der Waals surface area contributed by atoms with Crippen LogP contribution in [0.1, 0.15) is 42.9 Å². The SMILES string of the molecule is CCc1cnc(NC(=O)[C@@H]2CCC[C@H]2C(=O)Nc2ncc(CC)s2)s1. The third-order valence-electron chi connectivity index (χ3n) is 4.45. The van der Waals surface area contributed by atoms with Gasteiger partial charge in [0.15, 0.2) is 10.3 Å². The predicted octanol–water partition coefficient (Wildman–Crippen LogP) is 3.72. The Morgan fingerprint density at radius 2 is 1.40 bits per heavy atom. The van der Waals surface area contributed by atoms with Crippen molar-refractivity contribution < 1.29 is 9.59 Å². The van der Waals surface area contributed by atoms with Gasteiger partial charge in [-0.1, -0.05) is 20.3 Å². The normalized spacial score (nSPS) is 19.8. The number of carbonyl (C=O) groups is 2. The number of amides is 2. The fourth-order valence-electron chi connectivity index (χ4n) is 3.04. The van der Waals surface area contributed by atoms with Gasteiger partial charge in [0.05, 0.1) is 0 Å². The number of rotatable bonds is 6. The highest BCUT2D eigenvalue weighted by molar-refractivity contribution is 7.16. The summed E-state index contributed by atoms with van der Waals surface area (Å²) < 4.78 is 0. The van der Waals surface area contributed by atoms with Gasteiger partial charge in [0.1, 0.15) is 0 Å². The van der Waals surface area contributed by atoms with Crippen LogP contribution in [0, 0.1) is 11.8 Å². The lowest BCUT2D eigenvalue weighted by molar-refractivity contribution is -0.128. The van der Waals surface area contributed by atoms with Gasteiger partial charge in [-0.2, -0.15) is 0 Å². The van der Waals surface area contributed by atoms with E-state index >= 15 is 0 Å². The van der Waals surface area contributed by atoms with Gasteiger partial charge in [0, 0.05) is 34.0 Å². The second kappa shape index (κ2) is 8.05. The number of nitrogens with zero attached hydrogens (tertiary/aromatic N) is 2. The highest BCUT2D eigenvalue weighted by Gasteiger charge is 2.38. The molecule has 2 aromatic heterocycles. The third kappa shape index (κ3) is 4.24. The number of anilines is 2. The summed E-state index contributed by atoms with van der Waals surface area (Å²) in [5.41, 5.74) is 0. The van der Waals surface area contributed by atoms with Crippen LogP contribution in [0.5, 0.6) is 0 Å². The Balaban J connectivity index is 1.62. The van der Waals surface area contributed by atoms with E-state index in [2.05, 4.69) is 34.4 Å². The first-order valence-corrected chi connectivity index (χ1v) is 10.2. The molecule has 0 spiro atoms. The molecule has 1 saturated carbocycles. The smallest absolute Gasteiger partial charge is 0.230 e. The number of hydrogen-bond acceptors (Lipinski definition) is 6. The molecule has 2 N–H and O–H groups in total. The summed E-state index contributed by atoms with van der Waals surface area (Å²) in [5, 5.41) is 6.97. The molecule has 8 heteroatoms. The second-order valence-electron chi connectivity index (χ2n) is 6.09. The molecule has 0 aromatic carbocycles. The first-order chi connectivity index (χ1) is 12.1. The van der Waals surface area contributed by atoms with Crippen LogP contribution in [0.2, 0.25) is 0 Å². The Morgan fingerprint density at radius 1 is 0.960 bits per heavy atom. The molecule has 25 heavy (non-hydrogen) atoms. The zero-order valence-corrected chi connectivity index (χ0v) is 16.0. The summed E-state index contributed by atoms with van der Waals surface area (Å²) in [5.74, 6) is -0.828. The standard InChI is InChI=1S/C17H22N4O2S2/c1-3-10-8-18-16(24-10)20-14(22)12-6-5-7-13(12)15(23)21-17-19-9-11(4-2)25-17/h8-9,12-13H,3-7H2,1-2H3,(H,18,20,22)(H,19,21,23)/t12-,13-/m1/s1. The van der Waals surface area contributed by atoms with Crippen molar-refractivity contribution in [1.82, 2.24) is 9.97 Å². The Labute approximate surface area is 155 Å². The lowest BCUT2D eigenvalue weighted by Gasteiger charge is -2.17. The molecule has 2 heterocycles. The first-order valence-electron chi connectivity index (χ1n) is 8.61. The molecule has 0 saturated heterocycles. The number of aryl methyl sites for hydroxylation is 2. The fourth-order valence-corrected chi connectivity index (χ4v) is 4.55. The minimum absolute atomic E-state index is 0.108. The number of hydrogen-bond donors (Lipinski definition) is 2. The lowest BCUT2D eigenvalue weighted by atomic mass is 9.94. The van der Waals surface area contributed by atoms with E-state index in [0.29, 0.717) is 10.3 Å². The second-order valence-corrected chi connectivity index (χ2v) is 8.32. The Kier molecular flexibility index (Phi) is 5.80. The van der Waals surface area contributed by atoms with Crippen LogP contribution in [-0.2, 0) is 22.4 Å². The molecule has 2 amide bonds. The minimum atomic E-state index is -0.306. The van der Waals surface area contributed by atoms with Crippen LogP contribution in [0.25, 0.3) is 0 Å². The Bertz CT molecular complexity index is 693. The molecule has 134 valence electrons. The summed E-state index contributed by atoms with van der Waals surface area (Å²) in [6.45, 7) is 4.11. The van der Waals surface area contributed by atoms with Gasteiger partial charge in [0.2, 0.25) is 11.8 Å². The van der Waals surface area contributed by atoms with Crippen LogP contribution in [0.3, 0.4) is 0 Å². The van der Waals surface area contributed by atoms with E-state index in [4.69, 9.17) is 0 Å². The molecule has 1 fully saturated rings. The van der Waals surface area contributed by atoms with Crippen LogP contribution in [0.4, 0.5) is 10.3 Å². The summed E-state index contributed by atoms with van der Waals surface area (Å²) >= 11 is 2.97. The fraction of sp³-hybridized carbons (Fsp3) is 0.529. The molecule has 1 aliphatic rings. The van der Waals surface area contributed by atoms with E-state index in [1.807, 2.05) is 0 Å². The third-order valence-corrected chi connectivity index (χ3v) is 6.57. The van der Waals surface area contributed by atoms with Gasteiger partial charge in [-0.05, 0) is 25.7 Å². The van der Waals surface area contributed by atoms with Gasteiger partial charge in [-0.3, -0.25) is 9.59 Å². The number of thiazole rings is 2. The highest BCUT2D eigenvalue weighted by Crippen LogP contribution is 2.34. The van der Waals surface area contributed by atoms with E-state index in [1.54, 1.807) is 12.4 Å². The zero-order chi connectivity index (χ0) is 17.8. The summed E-state index contributed by atoms with van der Waals surface area (Å²) in [6, 6.07) is 0. The molecule has 3 rings (SSSR count). The average molecular weight is 379 g/mol. The van der Waals surface area contributed by atoms with Crippen LogP contribution < -0.4 is 10.6 Å². The molecule has 0 aliphatic heterocycles. The maximum atomic E-state index is 12.6. The minimum Gasteiger partial charge on any atom is -0.302 e. The van der Waals surface area contributed by atoms with Crippen LogP contribution in [0.15, 0.2) is 12.4 Å². The van der Waals surface area contributed by atoms with Crippen molar-refractivity contribution in [3.05, 3.63) is 22.1 Å². The number of nitrogens with one attached hydrogen (secondary N) is 2. The molecular weight excluding hydrogens is 356 g/mol. The van der Waals surface area contributed by atoms with Gasteiger partial charge in [-0.25, -0.2) is 9.97 Å². The van der Waals surface area contributed by atoms with Crippen molar-refractivity contribution in [1.29, 1.82) is 0 Å². The van der Waals surface area contributed by atoms with Crippen molar-refractivity contribution in [3.8, 4) is 0 Å². The van der Waals surface area contributed by atoms with E-state index in [9.17, 15) is 9.59 Å². The summed E-state index contributed by atoms with van der Waals surface area (Å²) in [6.07, 6.45) is 7.71. The van der Waals surface area contributed by atoms with Crippen LogP contribution in [-0.4, -0.2) is 21.8 Å². The average Bonchev–Trinajstić information content (AvgIpc) is 3.34. The summed E-state index contributed by atoms with van der Waals surface area (Å²) in [4.78, 5) is 35.9. The number of aromatic nitrogens is 2. The molecule has 2 atom stereocenters. The molecule has 0 bridgehead atoms. The monoisotopic (exact) mass is 378 g/mol. The van der Waals surface area contributed by atoms with E-state index in [0.717, 1.165) is 41.9 Å². The maximum Gasteiger partial charge on any atom is 0.230 e. The molecule has 2 aromatic rings. The predicted molar refractivity (Wildman–Crippen MR) is 101 cm³/mol. The van der Waals surface area contributed by atoms with Crippen molar-refractivity contribution >= 4 is 44.8 Å². The zero-order valence-electron chi connectivity index (χ0n) is 14.4. The van der Waals surface area contributed by atoms with Crippen LogP contribution >= 0.6 is 22.7 Å². The molecular formula is C17H22N4O2S2. The largest absolute Gasteiger partial charge is 0.302 e. The molecule has 6 nitrogen and oxygen atoms in total. The number of carbonyl (C=O) groups excluding carboxylic acids is 2.